The molecule has 3 fully saturated rings. The van der Waals surface area contributed by atoms with Crippen LogP contribution in [-0.2, 0) is 30.9 Å². The Labute approximate surface area is 646 Å². The Bertz CT molecular complexity index is 4490. The van der Waals surface area contributed by atoms with Gasteiger partial charge in [-0.2, -0.15) is 0 Å². The van der Waals surface area contributed by atoms with E-state index in [1.54, 1.807) is 50.6 Å². The van der Waals surface area contributed by atoms with Gasteiger partial charge in [0.2, 0.25) is 0 Å². The molecule has 580 valence electrons. The molecule has 4 aromatic heterocycles. The Hall–Kier alpha value is -7.83. The lowest BCUT2D eigenvalue weighted by molar-refractivity contribution is 0.0195. The maximum absolute atomic E-state index is 14.4. The van der Waals surface area contributed by atoms with Gasteiger partial charge in [0.15, 0.2) is 22.2 Å². The number of rotatable bonds is 31. The summed E-state index contributed by atoms with van der Waals surface area (Å²) in [5.74, 6) is 0.00977. The van der Waals surface area contributed by atoms with Crippen molar-refractivity contribution in [2.45, 2.75) is 208 Å². The molecule has 0 spiro atoms. The van der Waals surface area contributed by atoms with E-state index in [-0.39, 0.29) is 90.4 Å². The number of aromatic amines is 2. The van der Waals surface area contributed by atoms with Crippen LogP contribution in [-0.4, -0.2) is 176 Å². The van der Waals surface area contributed by atoms with E-state index in [0.29, 0.717) is 97.7 Å². The topological polar surface area (TPSA) is 229 Å². The Kier molecular flexibility index (Phi) is 27.9. The number of nitrogens with zero attached hydrogens (tertiary/aromatic N) is 8. The molecule has 1 atom stereocenters. The van der Waals surface area contributed by atoms with E-state index >= 15 is 0 Å². The molecule has 1 unspecified atom stereocenters. The van der Waals surface area contributed by atoms with Crippen LogP contribution in [0.25, 0.3) is 5.52 Å². The predicted molar refractivity (Wildman–Crippen MR) is 434 cm³/mol. The van der Waals surface area contributed by atoms with E-state index in [0.717, 1.165) is 147 Å². The van der Waals surface area contributed by atoms with Gasteiger partial charge in [0.05, 0.1) is 29.7 Å². The van der Waals surface area contributed by atoms with E-state index in [2.05, 4.69) is 114 Å². The molecule has 10 rings (SSSR count). The first-order valence-electron chi connectivity index (χ1n) is 38.3. The van der Waals surface area contributed by atoms with E-state index in [1.807, 2.05) is 70.4 Å². The third-order valence-corrected chi connectivity index (χ3v) is 23.9. The highest BCUT2D eigenvalue weighted by atomic mass is 35.5. The highest BCUT2D eigenvalue weighted by Crippen LogP contribution is 2.39. The molecule has 25 heteroatoms. The first kappa shape index (κ1) is 81.7. The van der Waals surface area contributed by atoms with Crippen molar-refractivity contribution in [3.63, 3.8) is 0 Å². The van der Waals surface area contributed by atoms with Gasteiger partial charge in [0.1, 0.15) is 18.5 Å². The molecular formula is C82H113Cl3N14O8. The summed E-state index contributed by atoms with van der Waals surface area (Å²) in [6.45, 7) is 22.3. The van der Waals surface area contributed by atoms with Crippen LogP contribution in [0.2, 0.25) is 15.1 Å². The van der Waals surface area contributed by atoms with Gasteiger partial charge in [-0.1, -0.05) is 34.8 Å². The second-order valence-electron chi connectivity index (χ2n) is 30.0. The molecule has 3 amide bonds. The van der Waals surface area contributed by atoms with Gasteiger partial charge >= 0.3 is 0 Å². The van der Waals surface area contributed by atoms with Gasteiger partial charge in [-0.3, -0.25) is 33.3 Å². The smallest absolute Gasteiger partial charge is 0.251 e. The second kappa shape index (κ2) is 36.6. The molecule has 0 aliphatic heterocycles. The van der Waals surface area contributed by atoms with Crippen LogP contribution in [0, 0.1) is 41.5 Å². The van der Waals surface area contributed by atoms with Gasteiger partial charge in [-0.15, -0.1) is 0 Å². The number of benzene rings is 3. The molecule has 3 aliphatic carbocycles. The second-order valence-corrected chi connectivity index (χ2v) is 31.3. The number of halogens is 3. The Balaban J connectivity index is 0.707. The summed E-state index contributed by atoms with van der Waals surface area (Å²) in [4.78, 5) is 100. The average Bonchev–Trinajstić information content (AvgIpc) is 1.81. The van der Waals surface area contributed by atoms with Crippen molar-refractivity contribution in [3.05, 3.63) is 180 Å². The lowest BCUT2D eigenvalue weighted by atomic mass is 9.88. The van der Waals surface area contributed by atoms with Crippen molar-refractivity contribution >= 4 is 80.9 Å². The number of methoxy groups -OCH3 is 1. The molecule has 0 bridgehead atoms. The van der Waals surface area contributed by atoms with E-state index in [4.69, 9.17) is 44.3 Å². The maximum Gasteiger partial charge on any atom is 0.251 e. The summed E-state index contributed by atoms with van der Waals surface area (Å²) in [5.41, 5.74) is 10.4. The summed E-state index contributed by atoms with van der Waals surface area (Å²) in [5, 5.41) is 17.0. The van der Waals surface area contributed by atoms with E-state index in [1.165, 1.54) is 6.07 Å². The summed E-state index contributed by atoms with van der Waals surface area (Å²) in [6.07, 6.45) is 13.3. The molecule has 107 heavy (non-hydrogen) atoms. The fraction of sp³-hybridized carbons (Fsp3) is 0.537. The molecule has 3 aromatic carbocycles. The summed E-state index contributed by atoms with van der Waals surface area (Å²) in [7, 11) is 12.0. The standard InChI is InChI=1S/C82H113Cl3N14O8/c1-16-95(61-25-19-58(20-26-61)92(11)12)72-41-57(85)40-67(54(72)9)81(105)89-46-70-75(100)35-49(4)91-82(70)107-48-64(106-15)47-94(14)60-23-29-63(30-24-60)97(18-3)74-43-56(84)39-66(53(74)8)80(104)88-45-69-77(102)36-50(5)98(78(69)86-10)34-33-93(13)59-21-27-62(28-22-59)96(17-2)73-42-55(83)38-65(52(73)7)79(103)87-44-68-71-31-32-90-99(71)51(6)37-76(68)101/h31-32,35-43,58-64,86,90H,16-30,33-34,44-48H2,1-15H3,(H,87,103)(H,88,104)(H,89,105)(H,91,100). The zero-order valence-corrected chi connectivity index (χ0v) is 67.7. The monoisotopic (exact) mass is 1530 g/mol. The number of ether oxygens (including phenoxy) is 2. The highest BCUT2D eigenvalue weighted by Gasteiger charge is 2.34. The fourth-order valence-corrected chi connectivity index (χ4v) is 17.7. The minimum Gasteiger partial charge on any atom is -0.476 e. The number of aryl methyl sites for hydroxylation is 3. The van der Waals surface area contributed by atoms with Gasteiger partial charge in [0, 0.05) is 192 Å². The van der Waals surface area contributed by atoms with Crippen LogP contribution in [0.4, 0.5) is 22.9 Å². The molecule has 0 radical (unpaired) electrons. The molecular weight excluding hydrogens is 1420 g/mol. The quantitative estimate of drug-likeness (QED) is 0.0237. The zero-order chi connectivity index (χ0) is 77.2. The molecule has 6 N–H and O–H groups in total. The lowest BCUT2D eigenvalue weighted by Crippen LogP contribution is -2.46. The number of likely N-dealkylation sites (N-methyl/N-ethyl adjacent to an activating group) is 2. The number of pyridine rings is 3. The SMILES string of the molecule is CCN(c1cc(Cl)cc(C(=O)NCc2c(OCC(CN(C)C3CCC(N(CC)c4cc(Cl)cc(C(=O)NCc5c(NC)n(CCN(C)C6CCC(N(CC)c7cc(Cl)cc(C(=O)NCc8c(=O)cc(C)n9[nH]ccc89)c7C)CC6)c(C)cc5=O)c4C)CC3)OC)[nH]c(C)cc2=O)c1C)C1CCC(N(C)C)CC1. The summed E-state index contributed by atoms with van der Waals surface area (Å²) in [6, 6.07) is 19.5. The number of anilines is 4. The van der Waals surface area contributed by atoms with Gasteiger partial charge in [-0.25, -0.2) is 0 Å². The summed E-state index contributed by atoms with van der Waals surface area (Å²) < 4.78 is 16.4. The first-order chi connectivity index (χ1) is 51.2. The van der Waals surface area contributed by atoms with Crippen molar-refractivity contribution < 1.29 is 23.9 Å². The number of H-pyrrole nitrogens is 2. The van der Waals surface area contributed by atoms with Crippen molar-refractivity contribution in [3.8, 4) is 5.88 Å². The van der Waals surface area contributed by atoms with Gasteiger partial charge < -0.3 is 74.8 Å². The van der Waals surface area contributed by atoms with Crippen LogP contribution in [0.3, 0.4) is 0 Å². The number of hydrogen-bond donors (Lipinski definition) is 6. The number of amides is 3. The minimum atomic E-state index is -0.341. The third kappa shape index (κ3) is 18.9. The minimum absolute atomic E-state index is 0.00811. The van der Waals surface area contributed by atoms with E-state index in [9.17, 15) is 28.8 Å². The normalized spacial score (nSPS) is 18.6. The number of aromatic nitrogens is 4. The number of hydrogen-bond acceptors (Lipinski definition) is 15. The molecule has 7 aromatic rings. The van der Waals surface area contributed by atoms with Crippen LogP contribution in [0.5, 0.6) is 5.88 Å². The average molecular weight is 1530 g/mol. The molecule has 3 saturated carbocycles. The molecule has 22 nitrogen and oxygen atoms in total. The first-order valence-corrected chi connectivity index (χ1v) is 39.4. The van der Waals surface area contributed by atoms with Crippen LogP contribution < -0.4 is 57.0 Å². The molecule has 3 aliphatic rings. The largest absolute Gasteiger partial charge is 0.476 e. The molecule has 0 saturated heterocycles. The maximum atomic E-state index is 14.4. The highest BCUT2D eigenvalue weighted by molar-refractivity contribution is 6.32. The Morgan fingerprint density at radius 3 is 1.40 bits per heavy atom. The van der Waals surface area contributed by atoms with Crippen molar-refractivity contribution in [1.29, 1.82) is 0 Å². The lowest BCUT2D eigenvalue weighted by Gasteiger charge is -2.41. The zero-order valence-electron chi connectivity index (χ0n) is 65.4. The Morgan fingerprint density at radius 1 is 0.542 bits per heavy atom. The fourth-order valence-electron chi connectivity index (χ4n) is 17.1. The molecule has 4 heterocycles. The third-order valence-electron chi connectivity index (χ3n) is 23.3. The van der Waals surface area contributed by atoms with Gasteiger partial charge in [-0.05, 0) is 227 Å². The van der Waals surface area contributed by atoms with E-state index < -0.39 is 0 Å². The Morgan fingerprint density at radius 2 is 0.953 bits per heavy atom. The van der Waals surface area contributed by atoms with Crippen molar-refractivity contribution in [1.82, 2.24) is 49.8 Å². The van der Waals surface area contributed by atoms with Crippen LogP contribution >= 0.6 is 34.8 Å². The number of carbonyl (C=O) groups excluding carboxylic acids is 3. The van der Waals surface area contributed by atoms with Gasteiger partial charge in [0.25, 0.3) is 17.7 Å². The number of fused-ring (bicyclic) bond motifs is 1. The van der Waals surface area contributed by atoms with Crippen molar-refractivity contribution in [2.75, 3.05) is 102 Å². The number of nitrogens with one attached hydrogen (secondary N) is 6. The summed E-state index contributed by atoms with van der Waals surface area (Å²) >= 11 is 20.5. The van der Waals surface area contributed by atoms with Crippen LogP contribution in [0.15, 0.2) is 81.2 Å². The van der Waals surface area contributed by atoms with Crippen molar-refractivity contribution in [2.24, 2.45) is 0 Å². The van der Waals surface area contributed by atoms with Crippen LogP contribution in [0.1, 0.15) is 179 Å². The predicted octanol–water partition coefficient (Wildman–Crippen LogP) is 12.8. The number of carbonyl (C=O) groups is 3.